The van der Waals surface area contributed by atoms with Gasteiger partial charge in [0.15, 0.2) is 0 Å². The highest BCUT2D eigenvalue weighted by molar-refractivity contribution is 7.92. The summed E-state index contributed by atoms with van der Waals surface area (Å²) in [5, 5.41) is 7.27. The van der Waals surface area contributed by atoms with Crippen LogP contribution in [0.25, 0.3) is 0 Å². The van der Waals surface area contributed by atoms with Crippen molar-refractivity contribution in [3.8, 4) is 0 Å². The number of piperidine rings is 1. The van der Waals surface area contributed by atoms with Crippen LogP contribution in [0.2, 0.25) is 0 Å². The summed E-state index contributed by atoms with van der Waals surface area (Å²) < 4.78 is 28.3. The quantitative estimate of drug-likeness (QED) is 0.825. The molecule has 1 aromatic rings. The number of aryl methyl sites for hydroxylation is 1. The molecule has 2 heterocycles. The summed E-state index contributed by atoms with van der Waals surface area (Å²) in [4.78, 5) is 0. The third kappa shape index (κ3) is 3.71. The summed E-state index contributed by atoms with van der Waals surface area (Å²) in [7, 11) is -3.27. The second kappa shape index (κ2) is 5.71. The van der Waals surface area contributed by atoms with Gasteiger partial charge in [-0.25, -0.2) is 8.42 Å². The molecule has 2 rings (SSSR count). The monoisotopic (exact) mass is 272 g/mol. The Kier molecular flexibility index (Phi) is 4.23. The van der Waals surface area contributed by atoms with Gasteiger partial charge in [0.05, 0.1) is 17.6 Å². The fraction of sp³-hybridized carbons (Fsp3) is 0.727. The van der Waals surface area contributed by atoms with Crippen LogP contribution in [0.5, 0.6) is 0 Å². The highest BCUT2D eigenvalue weighted by Gasteiger charge is 2.21. The molecule has 6 nitrogen and oxygen atoms in total. The van der Waals surface area contributed by atoms with E-state index in [9.17, 15) is 8.42 Å². The summed E-state index contributed by atoms with van der Waals surface area (Å²) in [5.74, 6) is 0.384. The van der Waals surface area contributed by atoms with Crippen LogP contribution in [0, 0.1) is 5.92 Å². The zero-order valence-electron chi connectivity index (χ0n) is 10.6. The molecular weight excluding hydrogens is 252 g/mol. The summed E-state index contributed by atoms with van der Waals surface area (Å²) in [5.41, 5.74) is 0.542. The van der Waals surface area contributed by atoms with Crippen molar-refractivity contribution in [1.29, 1.82) is 0 Å². The molecule has 0 spiro atoms. The Labute approximate surface area is 108 Å². The molecule has 0 aromatic carbocycles. The van der Waals surface area contributed by atoms with Gasteiger partial charge in [0.1, 0.15) is 0 Å². The lowest BCUT2D eigenvalue weighted by Gasteiger charge is -2.22. The molecule has 18 heavy (non-hydrogen) atoms. The maximum absolute atomic E-state index is 12.0. The van der Waals surface area contributed by atoms with Gasteiger partial charge >= 0.3 is 0 Å². The molecule has 7 heteroatoms. The first-order valence-electron chi connectivity index (χ1n) is 6.33. The molecule has 102 valence electrons. The number of sulfonamides is 1. The smallest absolute Gasteiger partial charge is 0.233 e. The van der Waals surface area contributed by atoms with Gasteiger partial charge in [0.2, 0.25) is 10.0 Å². The van der Waals surface area contributed by atoms with Crippen LogP contribution in [0.3, 0.4) is 0 Å². The first-order valence-corrected chi connectivity index (χ1v) is 7.98. The van der Waals surface area contributed by atoms with Crippen molar-refractivity contribution < 1.29 is 8.42 Å². The molecule has 1 unspecified atom stereocenters. The molecule has 0 amide bonds. The second-order valence-corrected chi connectivity index (χ2v) is 6.45. The standard InChI is InChI=1S/C11H20N4O2S/c1-2-15-8-11(7-13-15)14-18(16,17)9-10-4-3-5-12-6-10/h7-8,10,12,14H,2-6,9H2,1H3. The lowest BCUT2D eigenvalue weighted by Crippen LogP contribution is -2.35. The summed E-state index contributed by atoms with van der Waals surface area (Å²) in [6.45, 7) is 4.47. The van der Waals surface area contributed by atoms with E-state index in [1.54, 1.807) is 17.1 Å². The van der Waals surface area contributed by atoms with Gasteiger partial charge < -0.3 is 5.32 Å². The zero-order chi connectivity index (χ0) is 13.0. The lowest BCUT2D eigenvalue weighted by atomic mass is 10.0. The van der Waals surface area contributed by atoms with E-state index >= 15 is 0 Å². The van der Waals surface area contributed by atoms with Crippen LogP contribution < -0.4 is 10.0 Å². The van der Waals surface area contributed by atoms with Crippen molar-refractivity contribution >= 4 is 15.7 Å². The number of nitrogens with zero attached hydrogens (tertiary/aromatic N) is 2. The molecule has 0 bridgehead atoms. The molecule has 0 radical (unpaired) electrons. The third-order valence-electron chi connectivity index (χ3n) is 3.08. The first kappa shape index (κ1) is 13.4. The number of nitrogens with one attached hydrogen (secondary N) is 2. The molecular formula is C11H20N4O2S. The average Bonchev–Trinajstić information content (AvgIpc) is 2.76. The topological polar surface area (TPSA) is 76.0 Å². The maximum atomic E-state index is 12.0. The van der Waals surface area contributed by atoms with Crippen molar-refractivity contribution in [3.63, 3.8) is 0 Å². The zero-order valence-corrected chi connectivity index (χ0v) is 11.4. The molecule has 1 aromatic heterocycles. The maximum Gasteiger partial charge on any atom is 0.233 e. The normalized spacial score (nSPS) is 20.8. The van der Waals surface area contributed by atoms with Crippen molar-refractivity contribution in [2.45, 2.75) is 26.3 Å². The van der Waals surface area contributed by atoms with Gasteiger partial charge in [-0.15, -0.1) is 0 Å². The number of aromatic nitrogens is 2. The molecule has 1 saturated heterocycles. The minimum absolute atomic E-state index is 0.178. The van der Waals surface area contributed by atoms with E-state index < -0.39 is 10.0 Å². The predicted molar refractivity (Wildman–Crippen MR) is 70.9 cm³/mol. The van der Waals surface area contributed by atoms with Gasteiger partial charge in [0, 0.05) is 12.7 Å². The summed E-state index contributed by atoms with van der Waals surface area (Å²) in [6, 6.07) is 0. The Morgan fingerprint density at radius 3 is 3.06 bits per heavy atom. The van der Waals surface area contributed by atoms with Crippen molar-refractivity contribution in [2.75, 3.05) is 23.6 Å². The van der Waals surface area contributed by atoms with Crippen LogP contribution in [0.4, 0.5) is 5.69 Å². The Morgan fingerprint density at radius 1 is 1.61 bits per heavy atom. The van der Waals surface area contributed by atoms with E-state index in [2.05, 4.69) is 15.1 Å². The minimum atomic E-state index is -3.27. The van der Waals surface area contributed by atoms with Gasteiger partial charge in [-0.3, -0.25) is 9.40 Å². The SMILES string of the molecule is CCn1cc(NS(=O)(=O)CC2CCCNC2)cn1. The highest BCUT2D eigenvalue weighted by atomic mass is 32.2. The van der Waals surface area contributed by atoms with Gasteiger partial charge in [-0.1, -0.05) is 0 Å². The number of hydrogen-bond acceptors (Lipinski definition) is 4. The molecule has 0 aliphatic carbocycles. The van der Waals surface area contributed by atoms with E-state index in [-0.39, 0.29) is 11.7 Å². The molecule has 1 fully saturated rings. The van der Waals surface area contributed by atoms with Crippen molar-refractivity contribution in [1.82, 2.24) is 15.1 Å². The number of anilines is 1. The summed E-state index contributed by atoms with van der Waals surface area (Å²) >= 11 is 0. The average molecular weight is 272 g/mol. The first-order chi connectivity index (χ1) is 8.59. The molecule has 1 aliphatic rings. The molecule has 0 saturated carbocycles. The highest BCUT2D eigenvalue weighted by Crippen LogP contribution is 2.15. The van der Waals surface area contributed by atoms with E-state index in [1.165, 1.54) is 0 Å². The van der Waals surface area contributed by atoms with Crippen LogP contribution in [0.15, 0.2) is 12.4 Å². The molecule has 1 atom stereocenters. The fourth-order valence-electron chi connectivity index (χ4n) is 2.19. The Balaban J connectivity index is 1.93. The Morgan fingerprint density at radius 2 is 2.44 bits per heavy atom. The van der Waals surface area contributed by atoms with E-state index in [1.807, 2.05) is 6.92 Å². The summed E-state index contributed by atoms with van der Waals surface area (Å²) in [6.07, 6.45) is 5.27. The lowest BCUT2D eigenvalue weighted by molar-refractivity contribution is 0.404. The minimum Gasteiger partial charge on any atom is -0.316 e. The van der Waals surface area contributed by atoms with Gasteiger partial charge in [0.25, 0.3) is 0 Å². The predicted octanol–water partition coefficient (Wildman–Crippen LogP) is 0.644. The van der Waals surface area contributed by atoms with E-state index in [0.717, 1.165) is 32.5 Å². The number of rotatable bonds is 5. The van der Waals surface area contributed by atoms with E-state index in [0.29, 0.717) is 5.69 Å². The molecule has 1 aliphatic heterocycles. The Bertz CT molecular complexity index is 477. The second-order valence-electron chi connectivity index (χ2n) is 4.68. The van der Waals surface area contributed by atoms with Crippen LogP contribution in [0.1, 0.15) is 19.8 Å². The fourth-order valence-corrected chi connectivity index (χ4v) is 3.64. The van der Waals surface area contributed by atoms with Gasteiger partial charge in [-0.05, 0) is 38.8 Å². The largest absolute Gasteiger partial charge is 0.316 e. The number of hydrogen-bond donors (Lipinski definition) is 2. The van der Waals surface area contributed by atoms with Crippen LogP contribution >= 0.6 is 0 Å². The molecule has 2 N–H and O–H groups in total. The van der Waals surface area contributed by atoms with Crippen LogP contribution in [-0.2, 0) is 16.6 Å². The van der Waals surface area contributed by atoms with Crippen molar-refractivity contribution in [2.24, 2.45) is 5.92 Å². The van der Waals surface area contributed by atoms with Crippen LogP contribution in [-0.4, -0.2) is 37.0 Å². The van der Waals surface area contributed by atoms with Crippen molar-refractivity contribution in [3.05, 3.63) is 12.4 Å². The third-order valence-corrected chi connectivity index (χ3v) is 4.54. The van der Waals surface area contributed by atoms with Gasteiger partial charge in [-0.2, -0.15) is 5.10 Å². The Hall–Kier alpha value is -1.08. The van der Waals surface area contributed by atoms with E-state index in [4.69, 9.17) is 0 Å².